The van der Waals surface area contributed by atoms with E-state index in [0.29, 0.717) is 15.4 Å². The largest absolute Gasteiger partial charge is 0.282 e. The van der Waals surface area contributed by atoms with E-state index in [1.807, 2.05) is 41.0 Å². The lowest BCUT2D eigenvalue weighted by Gasteiger charge is -2.14. The molecule has 7 heteroatoms. The Morgan fingerprint density at radius 2 is 2.08 bits per heavy atom. The summed E-state index contributed by atoms with van der Waals surface area (Å²) in [6.45, 7) is 0. The Labute approximate surface area is 157 Å². The molecule has 1 aliphatic rings. The number of para-hydroxylation sites is 1. The third-order valence-electron chi connectivity index (χ3n) is 3.87. The van der Waals surface area contributed by atoms with E-state index in [4.69, 9.17) is 23.2 Å². The maximum Gasteiger partial charge on any atom is 0.262 e. The summed E-state index contributed by atoms with van der Waals surface area (Å²) in [5.41, 5.74) is 0.795. The SMILES string of the molecule is O=c1c2ccccc2nc2n1[C@H](CSc1ccc(Cl)cc1Cl)CS2. The van der Waals surface area contributed by atoms with Crippen LogP contribution in [0.15, 0.2) is 57.3 Å². The highest BCUT2D eigenvalue weighted by Crippen LogP contribution is 2.37. The number of thioether (sulfide) groups is 2. The molecule has 3 aromatic rings. The van der Waals surface area contributed by atoms with Crippen molar-refractivity contribution in [3.63, 3.8) is 0 Å². The van der Waals surface area contributed by atoms with Crippen molar-refractivity contribution in [3.05, 3.63) is 62.9 Å². The van der Waals surface area contributed by atoms with Crippen LogP contribution >= 0.6 is 46.7 Å². The van der Waals surface area contributed by atoms with Crippen LogP contribution in [-0.4, -0.2) is 21.1 Å². The molecule has 0 spiro atoms. The maximum absolute atomic E-state index is 12.8. The molecule has 1 atom stereocenters. The third-order valence-corrected chi connectivity index (χ3v) is 6.85. The molecule has 1 aliphatic heterocycles. The van der Waals surface area contributed by atoms with E-state index >= 15 is 0 Å². The van der Waals surface area contributed by atoms with Gasteiger partial charge in [-0.1, -0.05) is 47.1 Å². The zero-order chi connectivity index (χ0) is 16.7. The molecule has 0 aliphatic carbocycles. The molecule has 0 bridgehead atoms. The molecule has 0 N–H and O–H groups in total. The van der Waals surface area contributed by atoms with Crippen molar-refractivity contribution < 1.29 is 0 Å². The van der Waals surface area contributed by atoms with Crippen molar-refractivity contribution in [2.75, 3.05) is 11.5 Å². The van der Waals surface area contributed by atoms with Gasteiger partial charge in [0.15, 0.2) is 5.16 Å². The van der Waals surface area contributed by atoms with Gasteiger partial charge in [0.05, 0.1) is 22.0 Å². The molecular formula is C17H12Cl2N2OS2. The van der Waals surface area contributed by atoms with Gasteiger partial charge in [0, 0.05) is 21.4 Å². The molecular weight excluding hydrogens is 383 g/mol. The fourth-order valence-electron chi connectivity index (χ4n) is 2.70. The molecule has 0 amide bonds. The van der Waals surface area contributed by atoms with E-state index in [2.05, 4.69) is 4.98 Å². The molecule has 0 fully saturated rings. The van der Waals surface area contributed by atoms with E-state index in [1.165, 1.54) is 0 Å². The van der Waals surface area contributed by atoms with E-state index in [0.717, 1.165) is 27.1 Å². The molecule has 2 heterocycles. The van der Waals surface area contributed by atoms with Crippen LogP contribution in [0.4, 0.5) is 0 Å². The summed E-state index contributed by atoms with van der Waals surface area (Å²) in [5.74, 6) is 1.61. The fraction of sp³-hybridized carbons (Fsp3) is 0.176. The van der Waals surface area contributed by atoms with Crippen molar-refractivity contribution >= 4 is 57.6 Å². The average molecular weight is 395 g/mol. The summed E-state index contributed by atoms with van der Waals surface area (Å²) >= 11 is 15.4. The first-order valence-corrected chi connectivity index (χ1v) is 10.1. The predicted octanol–water partition coefficient (Wildman–Crippen LogP) is 5.14. The second kappa shape index (κ2) is 6.64. The van der Waals surface area contributed by atoms with Gasteiger partial charge in [-0.15, -0.1) is 11.8 Å². The van der Waals surface area contributed by atoms with Gasteiger partial charge in [0.25, 0.3) is 5.56 Å². The predicted molar refractivity (Wildman–Crippen MR) is 103 cm³/mol. The van der Waals surface area contributed by atoms with Crippen LogP contribution in [0.5, 0.6) is 0 Å². The highest BCUT2D eigenvalue weighted by Gasteiger charge is 2.26. The number of benzene rings is 2. The Kier molecular flexibility index (Phi) is 4.52. The number of fused-ring (bicyclic) bond motifs is 2. The highest BCUT2D eigenvalue weighted by molar-refractivity contribution is 8.00. The first kappa shape index (κ1) is 16.3. The molecule has 2 aromatic carbocycles. The average Bonchev–Trinajstić information content (AvgIpc) is 2.97. The molecule has 24 heavy (non-hydrogen) atoms. The summed E-state index contributed by atoms with van der Waals surface area (Å²) in [5, 5.41) is 2.73. The monoisotopic (exact) mass is 394 g/mol. The topological polar surface area (TPSA) is 34.9 Å². The first-order chi connectivity index (χ1) is 11.6. The van der Waals surface area contributed by atoms with E-state index in [9.17, 15) is 4.79 Å². The van der Waals surface area contributed by atoms with Gasteiger partial charge in [-0.05, 0) is 30.3 Å². The second-order valence-electron chi connectivity index (χ2n) is 5.44. The Morgan fingerprint density at radius 3 is 2.92 bits per heavy atom. The summed E-state index contributed by atoms with van der Waals surface area (Å²) < 4.78 is 1.82. The van der Waals surface area contributed by atoms with Gasteiger partial charge < -0.3 is 0 Å². The number of rotatable bonds is 3. The lowest BCUT2D eigenvalue weighted by Crippen LogP contribution is -2.25. The van der Waals surface area contributed by atoms with Gasteiger partial charge in [-0.2, -0.15) is 0 Å². The number of hydrogen-bond acceptors (Lipinski definition) is 4. The van der Waals surface area contributed by atoms with Gasteiger partial charge in [0.1, 0.15) is 0 Å². The molecule has 3 nitrogen and oxygen atoms in total. The van der Waals surface area contributed by atoms with E-state index in [-0.39, 0.29) is 11.6 Å². The molecule has 0 radical (unpaired) electrons. The van der Waals surface area contributed by atoms with Crippen molar-refractivity contribution in [3.8, 4) is 0 Å². The molecule has 122 valence electrons. The minimum Gasteiger partial charge on any atom is -0.282 e. The van der Waals surface area contributed by atoms with Crippen LogP contribution in [0.3, 0.4) is 0 Å². The molecule has 4 rings (SSSR count). The Morgan fingerprint density at radius 1 is 1.25 bits per heavy atom. The highest BCUT2D eigenvalue weighted by atomic mass is 35.5. The summed E-state index contributed by atoms with van der Waals surface area (Å²) in [7, 11) is 0. The van der Waals surface area contributed by atoms with Crippen LogP contribution in [0, 0.1) is 0 Å². The van der Waals surface area contributed by atoms with Crippen LogP contribution < -0.4 is 5.56 Å². The minimum absolute atomic E-state index is 0.0356. The Bertz CT molecular complexity index is 990. The van der Waals surface area contributed by atoms with E-state index < -0.39 is 0 Å². The summed E-state index contributed by atoms with van der Waals surface area (Å²) in [6, 6.07) is 13.1. The lowest BCUT2D eigenvalue weighted by atomic mass is 10.2. The van der Waals surface area contributed by atoms with Gasteiger partial charge in [-0.25, -0.2) is 4.98 Å². The van der Waals surface area contributed by atoms with Gasteiger partial charge >= 0.3 is 0 Å². The fourth-order valence-corrected chi connectivity index (χ4v) is 5.56. The number of nitrogens with zero attached hydrogens (tertiary/aromatic N) is 2. The van der Waals surface area contributed by atoms with Crippen molar-refractivity contribution in [1.82, 2.24) is 9.55 Å². The Balaban J connectivity index is 1.64. The Hall–Kier alpha value is -1.14. The zero-order valence-corrected chi connectivity index (χ0v) is 15.6. The quantitative estimate of drug-likeness (QED) is 0.454. The van der Waals surface area contributed by atoms with Crippen LogP contribution in [0.1, 0.15) is 6.04 Å². The van der Waals surface area contributed by atoms with Crippen molar-refractivity contribution in [2.45, 2.75) is 16.1 Å². The molecule has 0 saturated carbocycles. The molecule has 1 aromatic heterocycles. The third kappa shape index (κ3) is 2.94. The van der Waals surface area contributed by atoms with Crippen molar-refractivity contribution in [2.24, 2.45) is 0 Å². The molecule has 0 unspecified atom stereocenters. The molecule has 0 saturated heterocycles. The lowest BCUT2D eigenvalue weighted by molar-refractivity contribution is 0.558. The summed E-state index contributed by atoms with van der Waals surface area (Å²) in [4.78, 5) is 18.4. The van der Waals surface area contributed by atoms with Crippen LogP contribution in [0.25, 0.3) is 10.9 Å². The number of aromatic nitrogens is 2. The first-order valence-electron chi connectivity index (χ1n) is 7.35. The van der Waals surface area contributed by atoms with Gasteiger partial charge in [-0.3, -0.25) is 9.36 Å². The maximum atomic E-state index is 12.8. The van der Waals surface area contributed by atoms with E-state index in [1.54, 1.807) is 29.6 Å². The zero-order valence-electron chi connectivity index (χ0n) is 12.4. The number of hydrogen-bond donors (Lipinski definition) is 0. The van der Waals surface area contributed by atoms with Gasteiger partial charge in [0.2, 0.25) is 0 Å². The normalized spacial score (nSPS) is 16.5. The second-order valence-corrected chi connectivity index (χ2v) is 8.33. The standard InChI is InChI=1S/C17H12Cl2N2OS2/c18-10-5-6-15(13(19)7-10)23-8-11-9-24-17-20-14-4-2-1-3-12(14)16(22)21(11)17/h1-7,11H,8-9H2/t11-/m1/s1. The smallest absolute Gasteiger partial charge is 0.262 e. The minimum atomic E-state index is 0.0356. The van der Waals surface area contributed by atoms with Crippen LogP contribution in [-0.2, 0) is 0 Å². The summed E-state index contributed by atoms with van der Waals surface area (Å²) in [6.07, 6.45) is 0. The van der Waals surface area contributed by atoms with Crippen molar-refractivity contribution in [1.29, 1.82) is 0 Å². The number of halogens is 2. The van der Waals surface area contributed by atoms with Crippen LogP contribution in [0.2, 0.25) is 10.0 Å².